The van der Waals surface area contributed by atoms with Crippen LogP contribution in [0.25, 0.3) is 0 Å². The van der Waals surface area contributed by atoms with Crippen molar-refractivity contribution in [1.29, 1.82) is 0 Å². The number of hydrogen-bond acceptors (Lipinski definition) is 2. The molecule has 1 aliphatic heterocycles. The molecule has 1 fully saturated rings. The topological polar surface area (TPSA) is 12.5 Å². The summed E-state index contributed by atoms with van der Waals surface area (Å²) in [4.78, 5) is 2.19. The van der Waals surface area contributed by atoms with E-state index in [1.54, 1.807) is 0 Å². The van der Waals surface area contributed by atoms with E-state index in [0.717, 1.165) is 32.7 Å². The maximum atomic E-state index is 6.64. The molecule has 2 aliphatic rings. The minimum Gasteiger partial charge on any atom is -0.379 e. The van der Waals surface area contributed by atoms with Crippen LogP contribution in [0.4, 0.5) is 0 Å². The van der Waals surface area contributed by atoms with Crippen molar-refractivity contribution in [3.05, 3.63) is 24.3 Å². The monoisotopic (exact) mass is 227 g/mol. The molecule has 2 rings (SSSR count). The van der Waals surface area contributed by atoms with Crippen molar-refractivity contribution in [2.45, 2.75) is 24.3 Å². The van der Waals surface area contributed by atoms with E-state index in [1.165, 1.54) is 0 Å². The van der Waals surface area contributed by atoms with Gasteiger partial charge in [0.05, 0.1) is 18.1 Å². The van der Waals surface area contributed by atoms with Gasteiger partial charge in [-0.05, 0) is 13.3 Å². The van der Waals surface area contributed by atoms with E-state index in [4.69, 9.17) is 16.3 Å². The Morgan fingerprint density at radius 1 is 1.33 bits per heavy atom. The molecule has 0 aromatic rings. The van der Waals surface area contributed by atoms with E-state index in [9.17, 15) is 0 Å². The number of halogens is 1. The maximum Gasteiger partial charge on any atom is 0.0815 e. The predicted molar refractivity (Wildman–Crippen MR) is 63.3 cm³/mol. The van der Waals surface area contributed by atoms with E-state index < -0.39 is 0 Å². The first-order chi connectivity index (χ1) is 7.22. The van der Waals surface area contributed by atoms with Crippen LogP contribution in [0.3, 0.4) is 0 Å². The van der Waals surface area contributed by atoms with Crippen LogP contribution >= 0.6 is 11.6 Å². The number of rotatable bonds is 2. The first kappa shape index (κ1) is 11.2. The summed E-state index contributed by atoms with van der Waals surface area (Å²) in [5.41, 5.74) is 0. The van der Waals surface area contributed by atoms with Crippen LogP contribution < -0.4 is 0 Å². The van der Waals surface area contributed by atoms with E-state index in [2.05, 4.69) is 30.1 Å². The van der Waals surface area contributed by atoms with Gasteiger partial charge in [0.1, 0.15) is 0 Å². The molecule has 0 bridgehead atoms. The zero-order valence-corrected chi connectivity index (χ0v) is 9.91. The summed E-state index contributed by atoms with van der Waals surface area (Å²) in [6.45, 7) is 5.86. The van der Waals surface area contributed by atoms with Gasteiger partial charge in [0, 0.05) is 19.1 Å². The van der Waals surface area contributed by atoms with Crippen molar-refractivity contribution in [2.24, 2.45) is 0 Å². The van der Waals surface area contributed by atoms with Gasteiger partial charge in [0.15, 0.2) is 0 Å². The lowest BCUT2D eigenvalue weighted by Crippen LogP contribution is -2.51. The molecule has 1 saturated heterocycles. The van der Waals surface area contributed by atoms with Crippen molar-refractivity contribution in [3.8, 4) is 0 Å². The molecule has 3 heteroatoms. The zero-order valence-electron chi connectivity index (χ0n) is 9.16. The Hall–Kier alpha value is -0.310. The quantitative estimate of drug-likeness (QED) is 0.671. The first-order valence-corrected chi connectivity index (χ1v) is 5.95. The standard InChI is InChI=1S/C12H18ClNO/c1-11(14-7-9-15-10-8-14)12(13)5-3-2-4-6-12/h2-5,11H,6-10H2,1H3. The van der Waals surface area contributed by atoms with Crippen LogP contribution in [0.1, 0.15) is 13.3 Å². The van der Waals surface area contributed by atoms with Gasteiger partial charge in [0.2, 0.25) is 0 Å². The number of allylic oxidation sites excluding steroid dienone is 3. The van der Waals surface area contributed by atoms with Gasteiger partial charge in [-0.2, -0.15) is 0 Å². The molecule has 2 unspecified atom stereocenters. The molecule has 0 N–H and O–H groups in total. The molecule has 2 nitrogen and oxygen atoms in total. The average molecular weight is 228 g/mol. The molecule has 0 radical (unpaired) electrons. The molecule has 84 valence electrons. The highest BCUT2D eigenvalue weighted by atomic mass is 35.5. The zero-order chi connectivity index (χ0) is 10.7. The molecule has 1 heterocycles. The van der Waals surface area contributed by atoms with Crippen molar-refractivity contribution < 1.29 is 4.74 Å². The molecular weight excluding hydrogens is 210 g/mol. The number of morpholine rings is 1. The molecular formula is C12H18ClNO. The minimum atomic E-state index is -0.230. The highest BCUT2D eigenvalue weighted by molar-refractivity contribution is 6.26. The normalized spacial score (nSPS) is 34.3. The second-order valence-electron chi connectivity index (χ2n) is 4.24. The summed E-state index contributed by atoms with van der Waals surface area (Å²) in [6, 6.07) is 0.365. The summed E-state index contributed by atoms with van der Waals surface area (Å²) in [7, 11) is 0. The summed E-state index contributed by atoms with van der Waals surface area (Å²) in [6.07, 6.45) is 9.29. The van der Waals surface area contributed by atoms with Crippen molar-refractivity contribution in [3.63, 3.8) is 0 Å². The molecule has 1 aliphatic carbocycles. The van der Waals surface area contributed by atoms with E-state index in [0.29, 0.717) is 6.04 Å². The van der Waals surface area contributed by atoms with Crippen LogP contribution in [0.2, 0.25) is 0 Å². The fraction of sp³-hybridized carbons (Fsp3) is 0.667. The van der Waals surface area contributed by atoms with Gasteiger partial charge in [0.25, 0.3) is 0 Å². The van der Waals surface area contributed by atoms with Gasteiger partial charge in [-0.3, -0.25) is 4.90 Å². The Labute approximate surface area is 96.5 Å². The summed E-state index contributed by atoms with van der Waals surface area (Å²) in [5, 5.41) is 0. The van der Waals surface area contributed by atoms with Crippen LogP contribution in [0.15, 0.2) is 24.3 Å². The third-order valence-electron chi connectivity index (χ3n) is 3.34. The molecule has 0 aromatic carbocycles. The van der Waals surface area contributed by atoms with Crippen LogP contribution in [-0.4, -0.2) is 42.1 Å². The molecule has 0 saturated carbocycles. The van der Waals surface area contributed by atoms with Crippen LogP contribution in [-0.2, 0) is 4.74 Å². The highest BCUT2D eigenvalue weighted by Gasteiger charge is 2.35. The fourth-order valence-corrected chi connectivity index (χ4v) is 2.49. The second kappa shape index (κ2) is 4.69. The van der Waals surface area contributed by atoms with Gasteiger partial charge in [-0.15, -0.1) is 11.6 Å². The fourth-order valence-electron chi connectivity index (χ4n) is 2.19. The highest BCUT2D eigenvalue weighted by Crippen LogP contribution is 2.32. The molecule has 0 aromatic heterocycles. The molecule has 15 heavy (non-hydrogen) atoms. The SMILES string of the molecule is CC(N1CCOCC1)C1(Cl)C=CC=CC1. The van der Waals surface area contributed by atoms with E-state index in [-0.39, 0.29) is 4.87 Å². The van der Waals surface area contributed by atoms with Crippen LogP contribution in [0, 0.1) is 0 Å². The van der Waals surface area contributed by atoms with Crippen LogP contribution in [0.5, 0.6) is 0 Å². The van der Waals surface area contributed by atoms with Gasteiger partial charge in [-0.1, -0.05) is 24.3 Å². The van der Waals surface area contributed by atoms with Gasteiger partial charge in [-0.25, -0.2) is 0 Å². The van der Waals surface area contributed by atoms with E-state index in [1.807, 2.05) is 6.08 Å². The van der Waals surface area contributed by atoms with Crippen molar-refractivity contribution in [2.75, 3.05) is 26.3 Å². The lowest BCUT2D eigenvalue weighted by molar-refractivity contribution is 0.0148. The maximum absolute atomic E-state index is 6.64. The van der Waals surface area contributed by atoms with Gasteiger partial charge >= 0.3 is 0 Å². The smallest absolute Gasteiger partial charge is 0.0815 e. The molecule has 2 atom stereocenters. The number of alkyl halides is 1. The lowest BCUT2D eigenvalue weighted by atomic mass is 9.91. The number of ether oxygens (including phenoxy) is 1. The van der Waals surface area contributed by atoms with E-state index >= 15 is 0 Å². The molecule has 0 amide bonds. The van der Waals surface area contributed by atoms with Crippen molar-refractivity contribution >= 4 is 11.6 Å². The van der Waals surface area contributed by atoms with Crippen molar-refractivity contribution in [1.82, 2.24) is 4.90 Å². The lowest BCUT2D eigenvalue weighted by Gasteiger charge is -2.40. The number of hydrogen-bond donors (Lipinski definition) is 0. The third kappa shape index (κ3) is 2.44. The summed E-state index contributed by atoms with van der Waals surface area (Å²) < 4.78 is 5.35. The predicted octanol–water partition coefficient (Wildman–Crippen LogP) is 2.20. The summed E-state index contributed by atoms with van der Waals surface area (Å²) in [5.74, 6) is 0. The Morgan fingerprint density at radius 3 is 2.67 bits per heavy atom. The van der Waals surface area contributed by atoms with Gasteiger partial charge < -0.3 is 4.74 Å². The molecule has 0 spiro atoms. The Balaban J connectivity index is 2.02. The number of nitrogens with zero attached hydrogens (tertiary/aromatic N) is 1. The summed E-state index contributed by atoms with van der Waals surface area (Å²) >= 11 is 6.64. The average Bonchev–Trinajstić information content (AvgIpc) is 2.30. The Morgan fingerprint density at radius 2 is 2.07 bits per heavy atom. The Bertz CT molecular complexity index is 271. The first-order valence-electron chi connectivity index (χ1n) is 5.57. The third-order valence-corrected chi connectivity index (χ3v) is 3.94. The largest absolute Gasteiger partial charge is 0.379 e. The minimum absolute atomic E-state index is 0.230. The second-order valence-corrected chi connectivity index (χ2v) is 4.95. The Kier molecular flexibility index (Phi) is 3.49.